The van der Waals surface area contributed by atoms with Gasteiger partial charge in [-0.2, -0.15) is 0 Å². The Morgan fingerprint density at radius 3 is 1.36 bits per heavy atom. The van der Waals surface area contributed by atoms with Gasteiger partial charge in [0, 0.05) is 39.9 Å². The highest BCUT2D eigenvalue weighted by atomic mass is 14.9. The topological polar surface area (TPSA) is 51.6 Å². The van der Waals surface area contributed by atoms with E-state index >= 15 is 0 Å². The van der Waals surface area contributed by atoms with Crippen molar-refractivity contribution in [2.24, 2.45) is 0 Å². The fraction of sp³-hybridized carbons (Fsp3) is 0. The molecule has 0 aliphatic rings. The number of nitrogens with zero attached hydrogens (tertiary/aromatic N) is 4. The van der Waals surface area contributed by atoms with E-state index < -0.39 is 0 Å². The van der Waals surface area contributed by atoms with Crippen LogP contribution in [0, 0.1) is 0 Å². The van der Waals surface area contributed by atoms with Crippen LogP contribution in [0.4, 0.5) is 0 Å². The highest BCUT2D eigenvalue weighted by molar-refractivity contribution is 6.25. The van der Waals surface area contributed by atoms with E-state index in [2.05, 4.69) is 149 Å². The first-order valence-electron chi connectivity index (χ1n) is 16.8. The van der Waals surface area contributed by atoms with Gasteiger partial charge in [-0.15, -0.1) is 0 Å². The van der Waals surface area contributed by atoms with Crippen LogP contribution in [0.25, 0.3) is 99.2 Å². The van der Waals surface area contributed by atoms with Gasteiger partial charge in [0.15, 0.2) is 5.82 Å². The molecule has 0 unspecified atom stereocenters. The van der Waals surface area contributed by atoms with Gasteiger partial charge >= 0.3 is 0 Å². The van der Waals surface area contributed by atoms with Crippen molar-refractivity contribution in [3.05, 3.63) is 170 Å². The molecule has 0 radical (unpaired) electrons. The maximum absolute atomic E-state index is 5.25. The smallest absolute Gasteiger partial charge is 0.159 e. The van der Waals surface area contributed by atoms with E-state index in [1.54, 1.807) is 12.4 Å². The molecular weight excluding hydrogens is 609 g/mol. The summed E-state index contributed by atoms with van der Waals surface area (Å²) < 4.78 is 0. The Labute approximate surface area is 288 Å². The highest BCUT2D eigenvalue weighted by Gasteiger charge is 2.13. The van der Waals surface area contributed by atoms with E-state index in [1.165, 1.54) is 37.9 Å². The molecule has 0 fully saturated rings. The molecule has 7 aromatic carbocycles. The van der Waals surface area contributed by atoms with Crippen LogP contribution in [0.15, 0.2) is 170 Å². The molecule has 0 saturated carbocycles. The van der Waals surface area contributed by atoms with Crippen LogP contribution in [0.5, 0.6) is 0 Å². The van der Waals surface area contributed by atoms with E-state index in [4.69, 9.17) is 9.97 Å². The Morgan fingerprint density at radius 1 is 0.300 bits per heavy atom. The summed E-state index contributed by atoms with van der Waals surface area (Å²) in [5, 5.41) is 9.77. The lowest BCUT2D eigenvalue weighted by atomic mass is 9.91. The van der Waals surface area contributed by atoms with Gasteiger partial charge in [-0.1, -0.05) is 121 Å². The van der Waals surface area contributed by atoms with Crippen LogP contribution in [-0.4, -0.2) is 19.9 Å². The predicted octanol–water partition coefficient (Wildman–Crippen LogP) is 11.7. The third-order valence-electron chi connectivity index (χ3n) is 9.74. The highest BCUT2D eigenvalue weighted by Crippen LogP contribution is 2.38. The van der Waals surface area contributed by atoms with Crippen LogP contribution >= 0.6 is 0 Å². The third kappa shape index (κ3) is 4.69. The van der Waals surface area contributed by atoms with Crippen molar-refractivity contribution < 1.29 is 0 Å². The van der Waals surface area contributed by atoms with Gasteiger partial charge < -0.3 is 0 Å². The number of fused-ring (bicyclic) bond motifs is 9. The fourth-order valence-electron chi connectivity index (χ4n) is 7.30. The maximum atomic E-state index is 5.25. The van der Waals surface area contributed by atoms with Crippen molar-refractivity contribution in [3.63, 3.8) is 0 Å². The molecule has 0 bridgehead atoms. The summed E-state index contributed by atoms with van der Waals surface area (Å²) in [6, 6.07) is 55.8. The monoisotopic (exact) mass is 636 g/mol. The Balaban J connectivity index is 1.07. The second-order valence-corrected chi connectivity index (χ2v) is 12.7. The molecule has 0 aliphatic carbocycles. The zero-order chi connectivity index (χ0) is 33.0. The SMILES string of the molecule is c1cnc(-c2cccc(-c3ccc4ccc5ccc(-c6cccc(-c7ccc8c9ccccc9c9ccccc9c8c7)c6)nc5c4n3)c2)nc1. The average molecular weight is 637 g/mol. The summed E-state index contributed by atoms with van der Waals surface area (Å²) in [7, 11) is 0. The molecule has 0 atom stereocenters. The first kappa shape index (κ1) is 28.3. The number of rotatable bonds is 4. The first-order valence-corrected chi connectivity index (χ1v) is 16.8. The molecule has 0 spiro atoms. The minimum atomic E-state index is 0.694. The Kier molecular flexibility index (Phi) is 6.46. The summed E-state index contributed by atoms with van der Waals surface area (Å²) in [5.74, 6) is 0.694. The molecule has 10 rings (SSSR count). The van der Waals surface area contributed by atoms with Crippen LogP contribution in [0.3, 0.4) is 0 Å². The molecule has 3 aromatic heterocycles. The lowest BCUT2D eigenvalue weighted by molar-refractivity contribution is 1.18. The fourth-order valence-corrected chi connectivity index (χ4v) is 7.30. The van der Waals surface area contributed by atoms with Crippen molar-refractivity contribution in [1.29, 1.82) is 0 Å². The molecule has 4 heteroatoms. The zero-order valence-electron chi connectivity index (χ0n) is 27.0. The molecule has 4 nitrogen and oxygen atoms in total. The summed E-state index contributed by atoms with van der Waals surface area (Å²) in [6.07, 6.45) is 3.53. The number of hydrogen-bond acceptors (Lipinski definition) is 4. The molecule has 0 aliphatic heterocycles. The van der Waals surface area contributed by atoms with Crippen LogP contribution in [0.2, 0.25) is 0 Å². The van der Waals surface area contributed by atoms with Crippen LogP contribution in [0.1, 0.15) is 0 Å². The van der Waals surface area contributed by atoms with E-state index in [-0.39, 0.29) is 0 Å². The second kappa shape index (κ2) is 11.4. The minimum Gasteiger partial charge on any atom is -0.245 e. The van der Waals surface area contributed by atoms with E-state index in [1.807, 2.05) is 18.2 Å². The van der Waals surface area contributed by atoms with Gasteiger partial charge in [-0.3, -0.25) is 0 Å². The van der Waals surface area contributed by atoms with E-state index in [0.717, 1.165) is 55.4 Å². The number of aromatic nitrogens is 4. The minimum absolute atomic E-state index is 0.694. The Hall–Kier alpha value is -6.78. The molecule has 0 N–H and O–H groups in total. The van der Waals surface area contributed by atoms with Crippen LogP contribution < -0.4 is 0 Å². The van der Waals surface area contributed by atoms with Crippen molar-refractivity contribution in [1.82, 2.24) is 19.9 Å². The largest absolute Gasteiger partial charge is 0.245 e. The van der Waals surface area contributed by atoms with Gasteiger partial charge in [0.25, 0.3) is 0 Å². The molecule has 0 saturated heterocycles. The second-order valence-electron chi connectivity index (χ2n) is 12.7. The normalized spacial score (nSPS) is 11.6. The first-order chi connectivity index (χ1) is 24.8. The predicted molar refractivity (Wildman–Crippen MR) is 207 cm³/mol. The van der Waals surface area contributed by atoms with E-state index in [9.17, 15) is 0 Å². The zero-order valence-corrected chi connectivity index (χ0v) is 27.0. The molecule has 232 valence electrons. The molecular formula is C46H28N4. The molecule has 50 heavy (non-hydrogen) atoms. The van der Waals surface area contributed by atoms with Crippen molar-refractivity contribution in [3.8, 4) is 45.0 Å². The summed E-state index contributed by atoms with van der Waals surface area (Å²) in [4.78, 5) is 19.3. The lowest BCUT2D eigenvalue weighted by Crippen LogP contribution is -1.92. The van der Waals surface area contributed by atoms with Gasteiger partial charge in [-0.25, -0.2) is 19.9 Å². The van der Waals surface area contributed by atoms with Crippen molar-refractivity contribution in [2.75, 3.05) is 0 Å². The lowest BCUT2D eigenvalue weighted by Gasteiger charge is -2.13. The summed E-state index contributed by atoms with van der Waals surface area (Å²) in [6.45, 7) is 0. The molecule has 0 amide bonds. The Bertz CT molecular complexity index is 2900. The van der Waals surface area contributed by atoms with E-state index in [0.29, 0.717) is 5.82 Å². The Morgan fingerprint density at radius 2 is 0.760 bits per heavy atom. The van der Waals surface area contributed by atoms with Gasteiger partial charge in [0.1, 0.15) is 0 Å². The van der Waals surface area contributed by atoms with Gasteiger partial charge in [-0.05, 0) is 79.8 Å². The van der Waals surface area contributed by atoms with Gasteiger partial charge in [0.2, 0.25) is 0 Å². The average Bonchev–Trinajstić information content (AvgIpc) is 3.21. The van der Waals surface area contributed by atoms with Gasteiger partial charge in [0.05, 0.1) is 22.4 Å². The number of pyridine rings is 2. The summed E-state index contributed by atoms with van der Waals surface area (Å²) >= 11 is 0. The number of hydrogen-bond donors (Lipinski definition) is 0. The van der Waals surface area contributed by atoms with Crippen molar-refractivity contribution in [2.45, 2.75) is 0 Å². The molecule has 3 heterocycles. The summed E-state index contributed by atoms with van der Waals surface area (Å²) in [5.41, 5.74) is 8.94. The van der Waals surface area contributed by atoms with Crippen LogP contribution in [-0.2, 0) is 0 Å². The third-order valence-corrected chi connectivity index (χ3v) is 9.74. The number of benzene rings is 7. The maximum Gasteiger partial charge on any atom is 0.159 e. The molecule has 10 aromatic rings. The van der Waals surface area contributed by atoms with Crippen molar-refractivity contribution >= 4 is 54.1 Å². The quantitative estimate of drug-likeness (QED) is 0.180. The standard InChI is InChI=1S/C46H28N4/c1-2-14-38-36(12-1)37-13-3-4-15-39(37)41-28-32(18-21-40(38)41)31-8-5-9-33(26-31)42-22-19-29-16-17-30-20-23-43(50-45(30)44(29)49-42)34-10-6-11-35(27-34)46-47-24-7-25-48-46/h1-28H.